The lowest BCUT2D eigenvalue weighted by molar-refractivity contribution is -0.322. The molecule has 0 fully saturated rings. The van der Waals surface area contributed by atoms with Gasteiger partial charge in [0.2, 0.25) is 0 Å². The Hall–Kier alpha value is -0.320. The molecule has 0 amide bonds. The van der Waals surface area contributed by atoms with Crippen LogP contribution in [0.4, 0.5) is 0 Å². The maximum absolute atomic E-state index is 10.0. The highest BCUT2D eigenvalue weighted by molar-refractivity contribution is 4.68. The molecule has 4 N–H and O–H groups in total. The molecule has 134 valence electrons. The number of aliphatic hydroxyl groups is 4. The monoisotopic (exact) mass is 326 g/mol. The maximum Gasteiger partial charge on any atom is 0.186 e. The summed E-state index contributed by atoms with van der Waals surface area (Å²) in [7, 11) is 0. The van der Waals surface area contributed by atoms with E-state index in [0.717, 1.165) is 0 Å². The third kappa shape index (κ3) is 11.3. The molecule has 0 radical (unpaired) electrons. The summed E-state index contributed by atoms with van der Waals surface area (Å²) in [5, 5.41) is 39.2. The predicted octanol–water partition coefficient (Wildman–Crippen LogP) is -0.0734. The minimum Gasteiger partial charge on any atom is -0.366 e. The molecular weight excluding hydrogens is 296 g/mol. The average Bonchev–Trinajstić information content (AvgIpc) is 2.32. The van der Waals surface area contributed by atoms with Crippen molar-refractivity contribution in [2.45, 2.75) is 64.7 Å². The van der Waals surface area contributed by atoms with Gasteiger partial charge in [0.05, 0.1) is 0 Å². The van der Waals surface area contributed by atoms with Crippen molar-refractivity contribution in [3.63, 3.8) is 0 Å². The van der Waals surface area contributed by atoms with Crippen LogP contribution in [0.5, 0.6) is 0 Å². The van der Waals surface area contributed by atoms with Gasteiger partial charge < -0.3 is 39.4 Å². The van der Waals surface area contributed by atoms with Crippen LogP contribution in [0.15, 0.2) is 0 Å². The highest BCUT2D eigenvalue weighted by atomic mass is 16.7. The summed E-state index contributed by atoms with van der Waals surface area (Å²) in [5.41, 5.74) is 0. The van der Waals surface area contributed by atoms with Crippen molar-refractivity contribution in [2.75, 3.05) is 26.4 Å². The quantitative estimate of drug-likeness (QED) is 0.390. The molecule has 0 saturated heterocycles. The molecule has 0 aromatic heterocycles. The van der Waals surface area contributed by atoms with E-state index in [4.69, 9.17) is 18.9 Å². The molecule has 8 heteroatoms. The largest absolute Gasteiger partial charge is 0.366 e. The zero-order valence-electron chi connectivity index (χ0n) is 14.3. The van der Waals surface area contributed by atoms with E-state index in [-0.39, 0.29) is 26.4 Å². The second-order valence-corrected chi connectivity index (χ2v) is 6.27. The lowest BCUT2D eigenvalue weighted by Crippen LogP contribution is -2.46. The first kappa shape index (κ1) is 21.7. The normalized spacial score (nSPS) is 21.0. The van der Waals surface area contributed by atoms with Crippen molar-refractivity contribution in [3.05, 3.63) is 0 Å². The molecule has 22 heavy (non-hydrogen) atoms. The fourth-order valence-electron chi connectivity index (χ4n) is 1.33. The SMILES string of the molecule is CCOC(C)(O)COC(C)(O)COC(C)(O)COC(C)(C)O. The highest BCUT2D eigenvalue weighted by Gasteiger charge is 2.33. The van der Waals surface area contributed by atoms with Crippen molar-refractivity contribution in [1.82, 2.24) is 0 Å². The fraction of sp³-hybridized carbons (Fsp3) is 1.00. The zero-order chi connectivity index (χ0) is 17.7. The molecule has 0 bridgehead atoms. The van der Waals surface area contributed by atoms with E-state index in [1.165, 1.54) is 34.6 Å². The molecule has 0 aromatic carbocycles. The van der Waals surface area contributed by atoms with E-state index >= 15 is 0 Å². The Kier molecular flexibility index (Phi) is 7.86. The minimum absolute atomic E-state index is 0.278. The van der Waals surface area contributed by atoms with Crippen molar-refractivity contribution in [2.24, 2.45) is 0 Å². The summed E-state index contributed by atoms with van der Waals surface area (Å²) < 4.78 is 20.3. The molecule has 3 unspecified atom stereocenters. The van der Waals surface area contributed by atoms with Gasteiger partial charge in [-0.1, -0.05) is 0 Å². The Morgan fingerprint density at radius 1 is 0.591 bits per heavy atom. The lowest BCUT2D eigenvalue weighted by atomic mass is 10.3. The van der Waals surface area contributed by atoms with Gasteiger partial charge in [0.1, 0.15) is 19.8 Å². The summed E-state index contributed by atoms with van der Waals surface area (Å²) in [6.07, 6.45) is 0. The summed E-state index contributed by atoms with van der Waals surface area (Å²) >= 11 is 0. The number of rotatable bonds is 11. The van der Waals surface area contributed by atoms with Crippen LogP contribution in [-0.2, 0) is 18.9 Å². The summed E-state index contributed by atoms with van der Waals surface area (Å²) in [6, 6.07) is 0. The number of hydrogen-bond donors (Lipinski definition) is 4. The third-order valence-electron chi connectivity index (χ3n) is 2.45. The summed E-state index contributed by atoms with van der Waals surface area (Å²) in [4.78, 5) is 0. The molecule has 0 heterocycles. The Labute approximate surface area is 131 Å². The van der Waals surface area contributed by atoms with Gasteiger partial charge in [-0.2, -0.15) is 0 Å². The van der Waals surface area contributed by atoms with E-state index in [9.17, 15) is 20.4 Å². The van der Waals surface area contributed by atoms with Crippen LogP contribution in [0.1, 0.15) is 41.5 Å². The minimum atomic E-state index is -1.75. The molecule has 0 saturated carbocycles. The zero-order valence-corrected chi connectivity index (χ0v) is 14.3. The van der Waals surface area contributed by atoms with Gasteiger partial charge in [-0.25, -0.2) is 0 Å². The first-order valence-corrected chi connectivity index (χ1v) is 7.13. The summed E-state index contributed by atoms with van der Waals surface area (Å²) in [6.45, 7) is 7.93. The Bertz CT molecular complexity index is 319. The smallest absolute Gasteiger partial charge is 0.186 e. The number of ether oxygens (including phenoxy) is 4. The fourth-order valence-corrected chi connectivity index (χ4v) is 1.33. The third-order valence-corrected chi connectivity index (χ3v) is 2.45. The number of hydrogen-bond acceptors (Lipinski definition) is 8. The molecule has 0 rings (SSSR count). The highest BCUT2D eigenvalue weighted by Crippen LogP contribution is 2.17. The molecular formula is C14H30O8. The summed E-state index contributed by atoms with van der Waals surface area (Å²) in [5.74, 6) is -6.43. The molecule has 3 atom stereocenters. The van der Waals surface area contributed by atoms with E-state index in [2.05, 4.69) is 0 Å². The first-order chi connectivity index (χ1) is 9.68. The molecule has 0 aliphatic carbocycles. The van der Waals surface area contributed by atoms with Gasteiger partial charge in [-0.05, 0) is 41.5 Å². The van der Waals surface area contributed by atoms with Gasteiger partial charge in [-0.15, -0.1) is 0 Å². The van der Waals surface area contributed by atoms with Crippen LogP contribution in [0.25, 0.3) is 0 Å². The van der Waals surface area contributed by atoms with Crippen molar-refractivity contribution < 1.29 is 39.4 Å². The standard InChI is InChI=1S/C14H30O8/c1-7-19-12(4,16)9-21-14(6,18)10-22-13(5,17)8-20-11(2,3)15/h15-18H,7-10H2,1-6H3. The van der Waals surface area contributed by atoms with Crippen LogP contribution < -0.4 is 0 Å². The van der Waals surface area contributed by atoms with Gasteiger partial charge in [0.15, 0.2) is 23.1 Å². The van der Waals surface area contributed by atoms with Crippen LogP contribution in [-0.4, -0.2) is 70.0 Å². The Morgan fingerprint density at radius 2 is 0.909 bits per heavy atom. The van der Waals surface area contributed by atoms with E-state index in [1.54, 1.807) is 6.92 Å². The molecule has 0 aromatic rings. The second-order valence-electron chi connectivity index (χ2n) is 6.27. The van der Waals surface area contributed by atoms with Gasteiger partial charge in [0, 0.05) is 6.61 Å². The topological polar surface area (TPSA) is 118 Å². The van der Waals surface area contributed by atoms with Crippen LogP contribution in [0, 0.1) is 0 Å². The Morgan fingerprint density at radius 3 is 1.23 bits per heavy atom. The molecule has 0 aliphatic heterocycles. The van der Waals surface area contributed by atoms with Crippen LogP contribution in [0.3, 0.4) is 0 Å². The maximum atomic E-state index is 10.0. The van der Waals surface area contributed by atoms with Crippen molar-refractivity contribution >= 4 is 0 Å². The predicted molar refractivity (Wildman–Crippen MR) is 77.7 cm³/mol. The van der Waals surface area contributed by atoms with Gasteiger partial charge in [0.25, 0.3) is 0 Å². The van der Waals surface area contributed by atoms with Gasteiger partial charge >= 0.3 is 0 Å². The van der Waals surface area contributed by atoms with Crippen molar-refractivity contribution in [1.29, 1.82) is 0 Å². The van der Waals surface area contributed by atoms with Crippen molar-refractivity contribution in [3.8, 4) is 0 Å². The second kappa shape index (κ2) is 7.98. The molecule has 0 aliphatic rings. The van der Waals surface area contributed by atoms with Gasteiger partial charge in [-0.3, -0.25) is 0 Å². The van der Waals surface area contributed by atoms with Crippen LogP contribution in [0.2, 0.25) is 0 Å². The van der Waals surface area contributed by atoms with Crippen LogP contribution >= 0.6 is 0 Å². The Balaban J connectivity index is 4.30. The molecule has 0 spiro atoms. The van der Waals surface area contributed by atoms with E-state index < -0.39 is 23.1 Å². The average molecular weight is 326 g/mol. The van der Waals surface area contributed by atoms with E-state index in [0.29, 0.717) is 0 Å². The van der Waals surface area contributed by atoms with E-state index in [1.807, 2.05) is 0 Å². The lowest BCUT2D eigenvalue weighted by Gasteiger charge is -2.33. The first-order valence-electron chi connectivity index (χ1n) is 7.13. The molecule has 8 nitrogen and oxygen atoms in total.